The van der Waals surface area contributed by atoms with E-state index in [1.165, 1.54) is 32.1 Å². The minimum Gasteiger partial charge on any atom is -0.459 e. The molecule has 1 aromatic rings. The van der Waals surface area contributed by atoms with E-state index in [0.717, 1.165) is 32.5 Å². The Kier molecular flexibility index (Phi) is 4.82. The van der Waals surface area contributed by atoms with Crippen LogP contribution in [0.2, 0.25) is 0 Å². The first kappa shape index (κ1) is 16.7. The summed E-state index contributed by atoms with van der Waals surface area (Å²) in [5.74, 6) is 1.83. The van der Waals surface area contributed by atoms with Crippen LogP contribution in [0.5, 0.6) is 0 Å². The van der Waals surface area contributed by atoms with E-state index in [-0.39, 0.29) is 5.91 Å². The Morgan fingerprint density at radius 3 is 2.76 bits per heavy atom. The van der Waals surface area contributed by atoms with Gasteiger partial charge in [-0.05, 0) is 49.7 Å². The summed E-state index contributed by atoms with van der Waals surface area (Å²) in [6.07, 6.45) is 10.5. The summed E-state index contributed by atoms with van der Waals surface area (Å²) in [6, 6.07) is 3.81. The molecular formula is C20H28N2O3. The molecule has 5 nitrogen and oxygen atoms in total. The molecule has 0 aromatic carbocycles. The molecule has 1 aromatic heterocycles. The second kappa shape index (κ2) is 7.22. The van der Waals surface area contributed by atoms with Gasteiger partial charge in [-0.3, -0.25) is 9.59 Å². The zero-order valence-electron chi connectivity index (χ0n) is 14.9. The summed E-state index contributed by atoms with van der Waals surface area (Å²) in [4.78, 5) is 29.2. The summed E-state index contributed by atoms with van der Waals surface area (Å²) >= 11 is 0. The van der Waals surface area contributed by atoms with Crippen molar-refractivity contribution in [1.82, 2.24) is 9.80 Å². The number of piperidine rings is 2. The summed E-state index contributed by atoms with van der Waals surface area (Å²) in [5, 5.41) is 0. The highest BCUT2D eigenvalue weighted by atomic mass is 16.3. The zero-order valence-corrected chi connectivity index (χ0v) is 14.9. The van der Waals surface area contributed by atoms with E-state index in [1.54, 1.807) is 18.4 Å². The van der Waals surface area contributed by atoms with Crippen LogP contribution >= 0.6 is 0 Å². The predicted molar refractivity (Wildman–Crippen MR) is 94.0 cm³/mol. The molecule has 0 bridgehead atoms. The number of hydrogen-bond donors (Lipinski definition) is 0. The molecule has 0 N–H and O–H groups in total. The fourth-order valence-corrected chi connectivity index (χ4v) is 4.98. The van der Waals surface area contributed by atoms with E-state index in [9.17, 15) is 9.59 Å². The average Bonchev–Trinajstić information content (AvgIpc) is 3.19. The van der Waals surface area contributed by atoms with Gasteiger partial charge >= 0.3 is 0 Å². The van der Waals surface area contributed by atoms with Gasteiger partial charge in [0, 0.05) is 32.1 Å². The zero-order chi connectivity index (χ0) is 17.2. The van der Waals surface area contributed by atoms with Crippen LogP contribution in [0.3, 0.4) is 0 Å². The normalized spacial score (nSPS) is 28.1. The van der Waals surface area contributed by atoms with Crippen LogP contribution in [0.1, 0.15) is 61.9 Å². The van der Waals surface area contributed by atoms with Gasteiger partial charge in [0.1, 0.15) is 0 Å². The molecule has 5 heteroatoms. The van der Waals surface area contributed by atoms with Crippen LogP contribution in [0, 0.1) is 11.8 Å². The third-order valence-electron chi connectivity index (χ3n) is 6.34. The Balaban J connectivity index is 1.41. The van der Waals surface area contributed by atoms with E-state index in [0.29, 0.717) is 36.0 Å². The van der Waals surface area contributed by atoms with E-state index >= 15 is 0 Å². The number of rotatable bonds is 3. The number of likely N-dealkylation sites (tertiary alicyclic amines) is 2. The van der Waals surface area contributed by atoms with Crippen molar-refractivity contribution in [1.29, 1.82) is 0 Å². The Morgan fingerprint density at radius 1 is 1.16 bits per heavy atom. The van der Waals surface area contributed by atoms with Crippen molar-refractivity contribution in [3.63, 3.8) is 0 Å². The number of amides is 2. The third-order valence-corrected chi connectivity index (χ3v) is 6.34. The Labute approximate surface area is 149 Å². The van der Waals surface area contributed by atoms with E-state index in [1.807, 2.05) is 4.90 Å². The minimum atomic E-state index is -0.0146. The van der Waals surface area contributed by atoms with Crippen molar-refractivity contribution in [2.75, 3.05) is 19.6 Å². The van der Waals surface area contributed by atoms with Crippen LogP contribution in [0.4, 0.5) is 0 Å². The molecule has 2 saturated heterocycles. The first-order valence-corrected chi connectivity index (χ1v) is 9.84. The lowest BCUT2D eigenvalue weighted by atomic mass is 9.81. The Morgan fingerprint density at radius 2 is 2.00 bits per heavy atom. The van der Waals surface area contributed by atoms with Crippen LogP contribution in [-0.2, 0) is 4.79 Å². The largest absolute Gasteiger partial charge is 0.459 e. The highest BCUT2D eigenvalue weighted by molar-refractivity contribution is 5.91. The Hall–Kier alpha value is -1.78. The van der Waals surface area contributed by atoms with Gasteiger partial charge in [-0.15, -0.1) is 0 Å². The molecule has 3 fully saturated rings. The lowest BCUT2D eigenvalue weighted by molar-refractivity contribution is -0.141. The molecule has 2 aliphatic heterocycles. The van der Waals surface area contributed by atoms with Crippen molar-refractivity contribution in [3.05, 3.63) is 24.2 Å². The van der Waals surface area contributed by atoms with Gasteiger partial charge in [-0.2, -0.15) is 0 Å². The maximum absolute atomic E-state index is 12.6. The highest BCUT2D eigenvalue weighted by Gasteiger charge is 2.41. The summed E-state index contributed by atoms with van der Waals surface area (Å²) in [6.45, 7) is 2.40. The second-order valence-corrected chi connectivity index (χ2v) is 7.93. The van der Waals surface area contributed by atoms with Crippen molar-refractivity contribution in [2.24, 2.45) is 11.8 Å². The highest BCUT2D eigenvalue weighted by Crippen LogP contribution is 2.34. The third kappa shape index (κ3) is 3.46. The number of fused-ring (bicyclic) bond motifs is 1. The molecule has 0 unspecified atom stereocenters. The van der Waals surface area contributed by atoms with Crippen LogP contribution < -0.4 is 0 Å². The molecule has 3 aliphatic rings. The molecule has 136 valence electrons. The first-order chi connectivity index (χ1) is 12.2. The van der Waals surface area contributed by atoms with Gasteiger partial charge in [0.25, 0.3) is 5.91 Å². The van der Waals surface area contributed by atoms with Crippen molar-refractivity contribution in [2.45, 2.75) is 57.4 Å². The number of nitrogens with zero attached hydrogens (tertiary/aromatic N) is 2. The van der Waals surface area contributed by atoms with Crippen molar-refractivity contribution < 1.29 is 14.0 Å². The van der Waals surface area contributed by atoms with Gasteiger partial charge in [0.2, 0.25) is 5.91 Å². The number of carbonyl (C=O) groups is 2. The van der Waals surface area contributed by atoms with Crippen LogP contribution in [-0.4, -0.2) is 47.3 Å². The SMILES string of the molecule is O=C(c1ccco1)N1CC[C@@H]2[C@@H](CCC(=O)N2CC2CCCCC2)C1. The number of furan rings is 1. The van der Waals surface area contributed by atoms with Crippen LogP contribution in [0.25, 0.3) is 0 Å². The quantitative estimate of drug-likeness (QED) is 0.845. The van der Waals surface area contributed by atoms with Crippen molar-refractivity contribution >= 4 is 11.8 Å². The molecule has 1 aliphatic carbocycles. The summed E-state index contributed by atoms with van der Waals surface area (Å²) < 4.78 is 5.27. The van der Waals surface area contributed by atoms with Gasteiger partial charge < -0.3 is 14.2 Å². The monoisotopic (exact) mass is 344 g/mol. The molecule has 1 saturated carbocycles. The molecular weight excluding hydrogens is 316 g/mol. The Bertz CT molecular complexity index is 606. The lowest BCUT2D eigenvalue weighted by Crippen LogP contribution is -2.57. The molecule has 0 spiro atoms. The van der Waals surface area contributed by atoms with Crippen molar-refractivity contribution in [3.8, 4) is 0 Å². The number of hydrogen-bond acceptors (Lipinski definition) is 3. The molecule has 25 heavy (non-hydrogen) atoms. The lowest BCUT2D eigenvalue weighted by Gasteiger charge is -2.48. The molecule has 0 radical (unpaired) electrons. The predicted octanol–water partition coefficient (Wildman–Crippen LogP) is 3.31. The van der Waals surface area contributed by atoms with E-state index in [2.05, 4.69) is 4.90 Å². The van der Waals surface area contributed by atoms with Crippen LogP contribution in [0.15, 0.2) is 22.8 Å². The average molecular weight is 344 g/mol. The molecule has 2 amide bonds. The summed E-state index contributed by atoms with van der Waals surface area (Å²) in [7, 11) is 0. The fraction of sp³-hybridized carbons (Fsp3) is 0.700. The van der Waals surface area contributed by atoms with Gasteiger partial charge in [-0.1, -0.05) is 19.3 Å². The minimum absolute atomic E-state index is 0.0146. The second-order valence-electron chi connectivity index (χ2n) is 7.93. The molecule has 4 rings (SSSR count). The molecule has 3 heterocycles. The maximum Gasteiger partial charge on any atom is 0.289 e. The smallest absolute Gasteiger partial charge is 0.289 e. The molecule has 2 atom stereocenters. The number of carbonyl (C=O) groups excluding carboxylic acids is 2. The van der Waals surface area contributed by atoms with Gasteiger partial charge in [0.15, 0.2) is 5.76 Å². The van der Waals surface area contributed by atoms with E-state index < -0.39 is 0 Å². The fourth-order valence-electron chi connectivity index (χ4n) is 4.98. The van der Waals surface area contributed by atoms with E-state index in [4.69, 9.17) is 4.42 Å². The maximum atomic E-state index is 12.6. The first-order valence-electron chi connectivity index (χ1n) is 9.84. The van der Waals surface area contributed by atoms with Gasteiger partial charge in [-0.25, -0.2) is 0 Å². The van der Waals surface area contributed by atoms with Gasteiger partial charge in [0.05, 0.1) is 6.26 Å². The summed E-state index contributed by atoms with van der Waals surface area (Å²) in [5.41, 5.74) is 0. The standard InChI is InChI=1S/C20H28N2O3/c23-19-9-8-16-14-21(20(24)18-7-4-12-25-18)11-10-17(16)22(19)13-15-5-2-1-3-6-15/h4,7,12,15-17H,1-3,5-6,8-11,13-14H2/t16-,17+/m0/s1. The topological polar surface area (TPSA) is 53.8 Å².